The third-order valence-corrected chi connectivity index (χ3v) is 7.27. The highest BCUT2D eigenvalue weighted by atomic mass is 32.2. The average molecular weight is 494 g/mol. The van der Waals surface area contributed by atoms with Crippen molar-refractivity contribution in [3.8, 4) is 0 Å². The molecule has 0 aliphatic carbocycles. The van der Waals surface area contributed by atoms with Crippen molar-refractivity contribution in [2.45, 2.75) is 13.0 Å². The first-order valence-electron chi connectivity index (χ1n) is 12.1. The van der Waals surface area contributed by atoms with Gasteiger partial charge in [0.15, 0.2) is 0 Å². The molecule has 2 aliphatic rings. The second-order valence-corrected chi connectivity index (χ2v) is 9.95. The van der Waals surface area contributed by atoms with Crippen molar-refractivity contribution in [2.24, 2.45) is 5.92 Å². The van der Waals surface area contributed by atoms with E-state index in [2.05, 4.69) is 37.6 Å². The number of carbonyl (C=O) groups excluding carboxylic acids is 1. The lowest BCUT2D eigenvalue weighted by molar-refractivity contribution is -0.128. The maximum Gasteiger partial charge on any atom is 0.252 e. The summed E-state index contributed by atoms with van der Waals surface area (Å²) < 4.78 is 1.76. The molecule has 0 spiro atoms. The smallest absolute Gasteiger partial charge is 0.252 e. The van der Waals surface area contributed by atoms with Crippen LogP contribution in [-0.4, -0.2) is 76.6 Å². The molecule has 2 N–H and O–H groups in total. The van der Waals surface area contributed by atoms with E-state index in [1.807, 2.05) is 23.3 Å². The van der Waals surface area contributed by atoms with E-state index in [1.54, 1.807) is 34.7 Å². The lowest BCUT2D eigenvalue weighted by Gasteiger charge is -2.36. The minimum Gasteiger partial charge on any atom is -0.368 e. The summed E-state index contributed by atoms with van der Waals surface area (Å²) in [4.78, 5) is 38.0. The van der Waals surface area contributed by atoms with Crippen LogP contribution in [0.5, 0.6) is 0 Å². The minimum absolute atomic E-state index is 0.0333. The monoisotopic (exact) mass is 493 g/mol. The maximum atomic E-state index is 12.5. The summed E-state index contributed by atoms with van der Waals surface area (Å²) in [6, 6.07) is 11.5. The first kappa shape index (κ1) is 23.6. The Bertz CT molecular complexity index is 1230. The fourth-order valence-corrected chi connectivity index (χ4v) is 4.95. The van der Waals surface area contributed by atoms with Crippen LogP contribution in [0.15, 0.2) is 47.4 Å². The lowest BCUT2D eigenvalue weighted by Crippen LogP contribution is -2.49. The molecule has 9 nitrogen and oxygen atoms in total. The zero-order valence-electron chi connectivity index (χ0n) is 19.9. The van der Waals surface area contributed by atoms with E-state index in [1.165, 1.54) is 0 Å². The van der Waals surface area contributed by atoms with Gasteiger partial charge in [0.05, 0.1) is 5.75 Å². The minimum atomic E-state index is -0.0333. The number of benzene rings is 1. The predicted molar refractivity (Wildman–Crippen MR) is 142 cm³/mol. The molecule has 5 rings (SSSR count). The van der Waals surface area contributed by atoms with Crippen molar-refractivity contribution < 1.29 is 4.79 Å². The Balaban J connectivity index is 1.25. The molecular formula is C25H31N7O2S. The Morgan fingerprint density at radius 1 is 1.11 bits per heavy atom. The number of thioether (sulfide) groups is 1. The molecule has 3 aromatic rings. The molecule has 1 amide bonds. The quantitative estimate of drug-likeness (QED) is 0.493. The number of carbonyl (C=O) groups is 1. The highest BCUT2D eigenvalue weighted by molar-refractivity contribution is 7.99. The molecule has 2 saturated heterocycles. The van der Waals surface area contributed by atoms with Gasteiger partial charge < -0.3 is 20.4 Å². The first-order valence-corrected chi connectivity index (χ1v) is 13.5. The molecule has 0 bridgehead atoms. The Morgan fingerprint density at radius 2 is 1.89 bits per heavy atom. The third-order valence-electron chi connectivity index (χ3n) is 6.74. The summed E-state index contributed by atoms with van der Waals surface area (Å²) >= 11 is 1.57. The van der Waals surface area contributed by atoms with Crippen LogP contribution < -0.4 is 21.1 Å². The van der Waals surface area contributed by atoms with Gasteiger partial charge in [-0.05, 0) is 62.0 Å². The number of aromatic nitrogens is 3. The molecule has 0 saturated carbocycles. The highest BCUT2D eigenvalue weighted by Gasteiger charge is 2.21. The number of fused-ring (bicyclic) bond motifs is 1. The predicted octanol–water partition coefficient (Wildman–Crippen LogP) is 2.16. The number of rotatable bonds is 8. The van der Waals surface area contributed by atoms with Gasteiger partial charge >= 0.3 is 0 Å². The summed E-state index contributed by atoms with van der Waals surface area (Å²) in [6.07, 6.45) is 4.68. The van der Waals surface area contributed by atoms with Crippen LogP contribution in [0.4, 0.5) is 17.3 Å². The fourth-order valence-electron chi connectivity index (χ4n) is 4.53. The Hall–Kier alpha value is -3.11. The standard InChI is InChI=1S/C25H31N7O2S/c1-35-17-23(34)31-12-10-30(11-13-31)21-5-3-20(4-6-21)28-25-27-16-19-2-7-22(33)32(24(19)29-25)9-8-18-14-26-15-18/h2-7,16,18,26H,8-15,17H2,1H3,(H,27,28,29). The second kappa shape index (κ2) is 10.7. The normalized spacial score (nSPS) is 16.4. The second-order valence-electron chi connectivity index (χ2n) is 9.08. The van der Waals surface area contributed by atoms with Crippen molar-refractivity contribution in [3.05, 3.63) is 52.9 Å². The Morgan fingerprint density at radius 3 is 2.57 bits per heavy atom. The van der Waals surface area contributed by atoms with Crippen LogP contribution in [0.2, 0.25) is 0 Å². The van der Waals surface area contributed by atoms with Crippen LogP contribution in [0.25, 0.3) is 11.0 Å². The summed E-state index contributed by atoms with van der Waals surface area (Å²) in [7, 11) is 0. The van der Waals surface area contributed by atoms with Crippen LogP contribution in [0, 0.1) is 5.92 Å². The molecule has 4 heterocycles. The van der Waals surface area contributed by atoms with Gasteiger partial charge in [-0.25, -0.2) is 4.98 Å². The molecule has 10 heteroatoms. The van der Waals surface area contributed by atoms with E-state index in [0.29, 0.717) is 29.8 Å². The fraction of sp³-hybridized carbons (Fsp3) is 0.440. The molecule has 0 unspecified atom stereocenters. The molecule has 35 heavy (non-hydrogen) atoms. The van der Waals surface area contributed by atoms with Crippen molar-refractivity contribution >= 4 is 46.0 Å². The topological polar surface area (TPSA) is 95.4 Å². The van der Waals surface area contributed by atoms with Crippen molar-refractivity contribution in [3.63, 3.8) is 0 Å². The van der Waals surface area contributed by atoms with Crippen LogP contribution in [-0.2, 0) is 11.3 Å². The van der Waals surface area contributed by atoms with E-state index >= 15 is 0 Å². The molecule has 1 aromatic carbocycles. The number of amides is 1. The zero-order chi connectivity index (χ0) is 24.2. The summed E-state index contributed by atoms with van der Waals surface area (Å²) in [5.41, 5.74) is 2.64. The van der Waals surface area contributed by atoms with Gasteiger partial charge in [0.25, 0.3) is 5.56 Å². The Labute approximate surface area is 208 Å². The van der Waals surface area contributed by atoms with Gasteiger partial charge in [0, 0.05) is 61.7 Å². The molecule has 2 aliphatic heterocycles. The number of nitrogens with one attached hydrogen (secondary N) is 2. The van der Waals surface area contributed by atoms with Crippen LogP contribution >= 0.6 is 11.8 Å². The summed E-state index contributed by atoms with van der Waals surface area (Å²) in [6.45, 7) is 5.85. The SMILES string of the molecule is CSCC(=O)N1CCN(c2ccc(Nc3ncc4ccc(=O)n(CCC5CNC5)c4n3)cc2)CC1. The molecule has 0 atom stereocenters. The number of hydrogen-bond acceptors (Lipinski definition) is 8. The number of aryl methyl sites for hydroxylation is 1. The van der Waals surface area contributed by atoms with Gasteiger partial charge in [-0.3, -0.25) is 14.2 Å². The van der Waals surface area contributed by atoms with E-state index in [9.17, 15) is 9.59 Å². The van der Waals surface area contributed by atoms with Crippen molar-refractivity contribution in [1.29, 1.82) is 0 Å². The first-order chi connectivity index (χ1) is 17.1. The van der Waals surface area contributed by atoms with E-state index in [4.69, 9.17) is 0 Å². The van der Waals surface area contributed by atoms with Gasteiger partial charge in [0.1, 0.15) is 5.65 Å². The van der Waals surface area contributed by atoms with E-state index in [-0.39, 0.29) is 11.5 Å². The largest absolute Gasteiger partial charge is 0.368 e. The maximum absolute atomic E-state index is 12.5. The molecular weight excluding hydrogens is 462 g/mol. The van der Waals surface area contributed by atoms with E-state index < -0.39 is 0 Å². The van der Waals surface area contributed by atoms with Crippen molar-refractivity contribution in [1.82, 2.24) is 24.8 Å². The van der Waals surface area contributed by atoms with Crippen LogP contribution in [0.3, 0.4) is 0 Å². The van der Waals surface area contributed by atoms with Crippen molar-refractivity contribution in [2.75, 3.05) is 61.5 Å². The molecule has 2 aromatic heterocycles. The van der Waals surface area contributed by atoms with E-state index in [0.717, 1.165) is 62.5 Å². The number of anilines is 3. The summed E-state index contributed by atoms with van der Waals surface area (Å²) in [5, 5.41) is 7.41. The molecule has 2 fully saturated rings. The van der Waals surface area contributed by atoms with Gasteiger partial charge in [-0.2, -0.15) is 16.7 Å². The third kappa shape index (κ3) is 5.43. The molecule has 0 radical (unpaired) electrons. The number of hydrogen-bond donors (Lipinski definition) is 2. The van der Waals surface area contributed by atoms with Gasteiger partial charge in [-0.1, -0.05) is 0 Å². The lowest BCUT2D eigenvalue weighted by atomic mass is 9.99. The zero-order valence-corrected chi connectivity index (χ0v) is 20.8. The van der Waals surface area contributed by atoms with Gasteiger partial charge in [-0.15, -0.1) is 0 Å². The number of nitrogens with zero attached hydrogens (tertiary/aromatic N) is 5. The van der Waals surface area contributed by atoms with Gasteiger partial charge in [0.2, 0.25) is 11.9 Å². The van der Waals surface area contributed by atoms with Crippen LogP contribution in [0.1, 0.15) is 6.42 Å². The number of piperazine rings is 1. The Kier molecular flexibility index (Phi) is 7.19. The molecule has 184 valence electrons. The number of pyridine rings is 1. The average Bonchev–Trinajstić information content (AvgIpc) is 2.85. The summed E-state index contributed by atoms with van der Waals surface area (Å²) in [5.74, 6) is 1.85. The highest BCUT2D eigenvalue weighted by Crippen LogP contribution is 2.22.